The molecular formula is C43H55N7O12. The van der Waals surface area contributed by atoms with Gasteiger partial charge >= 0.3 is 5.97 Å². The summed E-state index contributed by atoms with van der Waals surface area (Å²) in [5.41, 5.74) is 1.82. The molecule has 19 heteroatoms. The average Bonchev–Trinajstić information content (AvgIpc) is 3.26. The Morgan fingerprint density at radius 1 is 0.871 bits per heavy atom. The van der Waals surface area contributed by atoms with Gasteiger partial charge in [-0.25, -0.2) is 4.79 Å². The number of carbonyl (C=O) groups excluding carboxylic acids is 7. The van der Waals surface area contributed by atoms with E-state index in [1.165, 1.54) is 65.9 Å². The molecule has 6 atom stereocenters. The number of methoxy groups -OCH3 is 2. The Morgan fingerprint density at radius 2 is 1.52 bits per heavy atom. The van der Waals surface area contributed by atoms with Crippen molar-refractivity contribution in [1.29, 1.82) is 0 Å². The number of nitrogens with one attached hydrogen (secondary N) is 3. The van der Waals surface area contributed by atoms with Crippen LogP contribution in [0.15, 0.2) is 66.7 Å². The maximum Gasteiger partial charge on any atom is 0.346 e. The van der Waals surface area contributed by atoms with Crippen LogP contribution < -0.4 is 36.1 Å². The number of likely N-dealkylation sites (N-methyl/N-ethyl adjacent to an activating group) is 3. The molecule has 0 saturated heterocycles. The van der Waals surface area contributed by atoms with Crippen LogP contribution in [-0.2, 0) is 57.7 Å². The largest absolute Gasteiger partial charge is 0.497 e. The zero-order chi connectivity index (χ0) is 45.8. The van der Waals surface area contributed by atoms with Crippen molar-refractivity contribution in [2.45, 2.75) is 76.3 Å². The summed E-state index contributed by atoms with van der Waals surface area (Å²) in [4.78, 5) is 102. The van der Waals surface area contributed by atoms with E-state index in [0.717, 1.165) is 4.90 Å². The molecule has 0 fully saturated rings. The van der Waals surface area contributed by atoms with Crippen molar-refractivity contribution >= 4 is 41.4 Å². The first-order valence-corrected chi connectivity index (χ1v) is 19.7. The molecule has 334 valence electrons. The van der Waals surface area contributed by atoms with Gasteiger partial charge < -0.3 is 54.8 Å². The van der Waals surface area contributed by atoms with E-state index >= 15 is 0 Å². The summed E-state index contributed by atoms with van der Waals surface area (Å²) in [5, 5.41) is 17.5. The number of aliphatic hydroxyl groups is 1. The lowest BCUT2D eigenvalue weighted by Crippen LogP contribution is -2.60. The van der Waals surface area contributed by atoms with Crippen LogP contribution in [0.3, 0.4) is 0 Å². The lowest BCUT2D eigenvalue weighted by atomic mass is 9.99. The summed E-state index contributed by atoms with van der Waals surface area (Å²) in [7, 11) is 7.13. The van der Waals surface area contributed by atoms with Crippen molar-refractivity contribution in [3.05, 3.63) is 83.4 Å². The molecule has 2 aliphatic rings. The highest BCUT2D eigenvalue weighted by Crippen LogP contribution is 2.34. The van der Waals surface area contributed by atoms with E-state index in [2.05, 4.69) is 20.8 Å². The third kappa shape index (κ3) is 12.0. The fourth-order valence-electron chi connectivity index (χ4n) is 6.90. The molecule has 4 bridgehead atoms. The van der Waals surface area contributed by atoms with Crippen molar-refractivity contribution in [3.63, 3.8) is 0 Å². The molecule has 0 aliphatic carbocycles. The Balaban J connectivity index is 1.69. The standard InChI is InChI=1S/C43H55N7O12/c1-24(45-38(53)33(19-27-9-14-30(59-7)15-10-27)48(4)41(56)32(23-51)47-26(3)52)40(55)50(6)35-20-28-11-16-31(17-12-28)61-37-22-29(13-18-36(37)60-8)21-34(49(5)42(35)57)39(54)46-25(2)43(58)62-44/h9-18,22,24-25,32-35,51H,19-21,23,44H2,1-8H3,(H,45,53)(H,46,54)(H,47,52)/t24-,25+,32-,33-,34-,35-/m0/s1. The average molecular weight is 862 g/mol. The Bertz CT molecular complexity index is 2100. The summed E-state index contributed by atoms with van der Waals surface area (Å²) >= 11 is 0. The van der Waals surface area contributed by atoms with E-state index in [1.807, 2.05) is 0 Å². The van der Waals surface area contributed by atoms with Gasteiger partial charge in [-0.1, -0.05) is 30.3 Å². The quantitative estimate of drug-likeness (QED) is 0.129. The molecule has 0 spiro atoms. The minimum atomic E-state index is -1.34. The topological polar surface area (TPSA) is 248 Å². The molecule has 5 rings (SSSR count). The van der Waals surface area contributed by atoms with Crippen LogP contribution in [0.25, 0.3) is 0 Å². The summed E-state index contributed by atoms with van der Waals surface area (Å²) in [6.07, 6.45) is -0.123. The summed E-state index contributed by atoms with van der Waals surface area (Å²) in [6, 6.07) is 11.1. The Kier molecular flexibility index (Phi) is 16.8. The predicted octanol–water partition coefficient (Wildman–Crippen LogP) is 0.242. The van der Waals surface area contributed by atoms with Crippen LogP contribution in [0.1, 0.15) is 37.5 Å². The molecule has 3 aromatic rings. The number of benzene rings is 3. The number of hydrogen-bond acceptors (Lipinski definition) is 13. The van der Waals surface area contributed by atoms with Crippen molar-refractivity contribution in [2.24, 2.45) is 5.90 Å². The van der Waals surface area contributed by atoms with E-state index in [-0.39, 0.29) is 19.3 Å². The first kappa shape index (κ1) is 47.9. The van der Waals surface area contributed by atoms with E-state index in [9.17, 15) is 38.7 Å². The smallest absolute Gasteiger partial charge is 0.346 e. The fourth-order valence-corrected chi connectivity index (χ4v) is 6.90. The van der Waals surface area contributed by atoms with Crippen molar-refractivity contribution in [1.82, 2.24) is 30.7 Å². The molecule has 0 aromatic heterocycles. The van der Waals surface area contributed by atoms with E-state index in [4.69, 9.17) is 20.1 Å². The number of nitrogens with two attached hydrogens (primary N) is 1. The van der Waals surface area contributed by atoms with Crippen molar-refractivity contribution in [3.8, 4) is 23.0 Å². The van der Waals surface area contributed by atoms with E-state index in [1.54, 1.807) is 66.7 Å². The molecule has 0 unspecified atom stereocenters. The summed E-state index contributed by atoms with van der Waals surface area (Å²) in [6.45, 7) is 3.25. The van der Waals surface area contributed by atoms with Gasteiger partial charge in [-0.15, -0.1) is 0 Å². The second-order valence-corrected chi connectivity index (χ2v) is 14.9. The van der Waals surface area contributed by atoms with Crippen LogP contribution in [0.4, 0.5) is 0 Å². The molecule has 2 heterocycles. The predicted molar refractivity (Wildman–Crippen MR) is 223 cm³/mol. The van der Waals surface area contributed by atoms with Gasteiger partial charge in [-0.05, 0) is 66.9 Å². The molecule has 19 nitrogen and oxygen atoms in total. The minimum Gasteiger partial charge on any atom is -0.497 e. The zero-order valence-corrected chi connectivity index (χ0v) is 36.0. The van der Waals surface area contributed by atoms with Gasteiger partial charge in [0, 0.05) is 47.3 Å². The summed E-state index contributed by atoms with van der Waals surface area (Å²) < 4.78 is 16.9. The molecule has 3 aromatic carbocycles. The SMILES string of the molecule is COc1ccc(C[C@@H](C(=O)N[C@@H](C)C(=O)N(C)[C@H]2Cc3ccc(cc3)Oc3cc(ccc3OC)C[C@@H](C(=O)N[C@H](C)C(=O)ON)N(C)C2=O)N(C)C(=O)[C@H](CO)NC(C)=O)cc1. The van der Waals surface area contributed by atoms with Crippen LogP contribution >= 0.6 is 0 Å². The zero-order valence-electron chi connectivity index (χ0n) is 36.0. The van der Waals surface area contributed by atoms with E-state index < -0.39 is 84.3 Å². The van der Waals surface area contributed by atoms with Crippen LogP contribution in [-0.4, -0.2) is 139 Å². The Labute approximate surface area is 359 Å². The molecule has 2 aliphatic heterocycles. The number of nitrogens with zero attached hydrogens (tertiary/aromatic N) is 3. The molecule has 62 heavy (non-hydrogen) atoms. The highest BCUT2D eigenvalue weighted by molar-refractivity contribution is 5.97. The van der Waals surface area contributed by atoms with Crippen LogP contribution in [0, 0.1) is 0 Å². The third-order valence-electron chi connectivity index (χ3n) is 10.6. The van der Waals surface area contributed by atoms with Crippen LogP contribution in [0.2, 0.25) is 0 Å². The molecular weight excluding hydrogens is 807 g/mol. The molecule has 6 amide bonds. The number of aliphatic hydroxyl groups excluding tert-OH is 1. The highest BCUT2D eigenvalue weighted by Gasteiger charge is 2.39. The number of amides is 6. The Hall–Kier alpha value is -6.73. The first-order valence-electron chi connectivity index (χ1n) is 19.7. The van der Waals surface area contributed by atoms with Gasteiger partial charge in [0.1, 0.15) is 47.8 Å². The van der Waals surface area contributed by atoms with Gasteiger partial charge in [0.2, 0.25) is 35.4 Å². The third-order valence-corrected chi connectivity index (χ3v) is 10.6. The molecule has 0 saturated carbocycles. The lowest BCUT2D eigenvalue weighted by Gasteiger charge is -2.36. The number of carbonyl (C=O) groups is 7. The second-order valence-electron chi connectivity index (χ2n) is 14.9. The minimum absolute atomic E-state index is 0.0284. The van der Waals surface area contributed by atoms with E-state index in [0.29, 0.717) is 39.7 Å². The van der Waals surface area contributed by atoms with Gasteiger partial charge in [0.05, 0.1) is 20.8 Å². The number of rotatable bonds is 15. The van der Waals surface area contributed by atoms with Gasteiger partial charge in [-0.2, -0.15) is 5.90 Å². The van der Waals surface area contributed by atoms with Crippen molar-refractivity contribution < 1.29 is 57.7 Å². The maximum absolute atomic E-state index is 14.7. The first-order chi connectivity index (χ1) is 29.4. The molecule has 0 radical (unpaired) electrons. The Morgan fingerprint density at radius 3 is 2.10 bits per heavy atom. The van der Waals surface area contributed by atoms with Crippen molar-refractivity contribution in [2.75, 3.05) is 42.0 Å². The van der Waals surface area contributed by atoms with Gasteiger partial charge in [0.25, 0.3) is 0 Å². The monoisotopic (exact) mass is 861 g/mol. The number of ether oxygens (including phenoxy) is 3. The highest BCUT2D eigenvalue weighted by atomic mass is 16.7. The maximum atomic E-state index is 14.7. The number of hydrogen-bond donors (Lipinski definition) is 5. The molecule has 6 N–H and O–H groups in total. The van der Waals surface area contributed by atoms with Crippen LogP contribution in [0.5, 0.6) is 23.0 Å². The van der Waals surface area contributed by atoms with Gasteiger partial charge in [-0.3, -0.25) is 28.8 Å². The second kappa shape index (κ2) is 21.7. The fraction of sp³-hybridized carbons (Fsp3) is 0.419. The number of fused-ring (bicyclic) bond motifs is 7. The normalized spacial score (nSPS) is 16.8. The van der Waals surface area contributed by atoms with Gasteiger partial charge in [0.15, 0.2) is 11.5 Å². The summed E-state index contributed by atoms with van der Waals surface area (Å²) in [5.74, 6) is 1.80. The lowest BCUT2D eigenvalue weighted by molar-refractivity contribution is -0.151.